The summed E-state index contributed by atoms with van der Waals surface area (Å²) < 4.78 is 11.9. The monoisotopic (exact) mass is 547 g/mol. The third-order valence-corrected chi connectivity index (χ3v) is 7.91. The van der Waals surface area contributed by atoms with E-state index in [2.05, 4.69) is 32.3 Å². The SMILES string of the molecule is C=C/C(=C\SC)C(C(=O)Nc1ccc2[nH]nc(-c3ccc(OC4CCNCC4)c(OC)c3)c2c1)N1CCCC1. The van der Waals surface area contributed by atoms with Crippen molar-refractivity contribution in [2.45, 2.75) is 37.8 Å². The summed E-state index contributed by atoms with van der Waals surface area (Å²) in [6.07, 6.45) is 8.12. The Bertz CT molecular complexity index is 1340. The smallest absolute Gasteiger partial charge is 0.246 e. The Labute approximate surface area is 234 Å². The highest BCUT2D eigenvalue weighted by atomic mass is 32.2. The second kappa shape index (κ2) is 12.7. The molecule has 9 heteroatoms. The van der Waals surface area contributed by atoms with Crippen molar-refractivity contribution in [3.63, 3.8) is 0 Å². The molecule has 3 aromatic rings. The van der Waals surface area contributed by atoms with E-state index in [-0.39, 0.29) is 18.1 Å². The zero-order valence-electron chi connectivity index (χ0n) is 22.7. The van der Waals surface area contributed by atoms with Crippen molar-refractivity contribution >= 4 is 34.3 Å². The molecule has 1 unspecified atom stereocenters. The number of aromatic nitrogens is 2. The number of likely N-dealkylation sites (tertiary alicyclic amines) is 1. The average molecular weight is 548 g/mol. The number of carbonyl (C=O) groups excluding carboxylic acids is 1. The van der Waals surface area contributed by atoms with Gasteiger partial charge in [0.2, 0.25) is 5.91 Å². The summed E-state index contributed by atoms with van der Waals surface area (Å²) in [5, 5.41) is 17.2. The number of hydrogen-bond donors (Lipinski definition) is 3. The van der Waals surface area contributed by atoms with Crippen molar-refractivity contribution in [3.8, 4) is 22.8 Å². The number of nitrogens with zero attached hydrogens (tertiary/aromatic N) is 2. The van der Waals surface area contributed by atoms with E-state index in [9.17, 15) is 4.79 Å². The number of aromatic amines is 1. The van der Waals surface area contributed by atoms with E-state index in [0.29, 0.717) is 5.75 Å². The van der Waals surface area contributed by atoms with Gasteiger partial charge in [-0.3, -0.25) is 14.8 Å². The molecular formula is C30H37N5O3S. The minimum atomic E-state index is -0.367. The molecule has 206 valence electrons. The number of methoxy groups -OCH3 is 1. The van der Waals surface area contributed by atoms with Crippen molar-refractivity contribution in [3.05, 3.63) is 60.0 Å². The molecule has 1 amide bonds. The molecule has 39 heavy (non-hydrogen) atoms. The summed E-state index contributed by atoms with van der Waals surface area (Å²) in [4.78, 5) is 15.8. The van der Waals surface area contributed by atoms with Gasteiger partial charge in [-0.25, -0.2) is 0 Å². The summed E-state index contributed by atoms with van der Waals surface area (Å²) >= 11 is 1.59. The van der Waals surface area contributed by atoms with Crippen LogP contribution in [0.15, 0.2) is 60.0 Å². The van der Waals surface area contributed by atoms with E-state index < -0.39 is 0 Å². The number of fused-ring (bicyclic) bond motifs is 1. The number of anilines is 1. The van der Waals surface area contributed by atoms with Gasteiger partial charge in [0.25, 0.3) is 0 Å². The van der Waals surface area contributed by atoms with Crippen LogP contribution < -0.4 is 20.1 Å². The lowest BCUT2D eigenvalue weighted by molar-refractivity contribution is -0.119. The first-order valence-electron chi connectivity index (χ1n) is 13.6. The lowest BCUT2D eigenvalue weighted by Gasteiger charge is -2.27. The predicted molar refractivity (Wildman–Crippen MR) is 160 cm³/mol. The van der Waals surface area contributed by atoms with Crippen LogP contribution in [0.25, 0.3) is 22.2 Å². The Hall–Kier alpha value is -3.27. The first-order valence-corrected chi connectivity index (χ1v) is 14.8. The maximum Gasteiger partial charge on any atom is 0.246 e. The van der Waals surface area contributed by atoms with Gasteiger partial charge in [0.1, 0.15) is 17.8 Å². The number of H-pyrrole nitrogens is 1. The number of thioether (sulfide) groups is 1. The van der Waals surface area contributed by atoms with Crippen LogP contribution in [0.5, 0.6) is 11.5 Å². The lowest BCUT2D eigenvalue weighted by Crippen LogP contribution is -2.43. The molecule has 2 aliphatic rings. The van der Waals surface area contributed by atoms with Gasteiger partial charge in [-0.1, -0.05) is 12.7 Å². The fourth-order valence-electron chi connectivity index (χ4n) is 5.42. The minimum Gasteiger partial charge on any atom is -0.493 e. The Kier molecular flexibility index (Phi) is 8.91. The van der Waals surface area contributed by atoms with E-state index in [1.807, 2.05) is 48.1 Å². The summed E-state index contributed by atoms with van der Waals surface area (Å²) in [5.41, 5.74) is 4.24. The van der Waals surface area contributed by atoms with Crippen LogP contribution in [0.4, 0.5) is 5.69 Å². The van der Waals surface area contributed by atoms with Gasteiger partial charge in [-0.15, -0.1) is 11.8 Å². The van der Waals surface area contributed by atoms with Crippen LogP contribution in [0.1, 0.15) is 25.7 Å². The molecule has 2 aliphatic heterocycles. The molecule has 2 saturated heterocycles. The molecule has 2 aromatic carbocycles. The highest BCUT2D eigenvalue weighted by Gasteiger charge is 2.30. The van der Waals surface area contributed by atoms with Gasteiger partial charge in [0.15, 0.2) is 11.5 Å². The fourth-order valence-corrected chi connectivity index (χ4v) is 5.91. The lowest BCUT2D eigenvalue weighted by atomic mass is 10.0. The van der Waals surface area contributed by atoms with E-state index in [0.717, 1.165) is 91.0 Å². The highest BCUT2D eigenvalue weighted by molar-refractivity contribution is 8.01. The van der Waals surface area contributed by atoms with Crippen LogP contribution in [0.2, 0.25) is 0 Å². The number of rotatable bonds is 10. The number of nitrogens with one attached hydrogen (secondary N) is 3. The van der Waals surface area contributed by atoms with Crippen molar-refractivity contribution in [2.75, 3.05) is 44.9 Å². The van der Waals surface area contributed by atoms with Crippen LogP contribution in [0, 0.1) is 0 Å². The number of piperidine rings is 1. The standard InChI is InChI=1S/C30H37N5O3S/c1-4-20(19-39-3)29(35-15-5-6-16-35)30(36)32-22-8-9-25-24(18-22)28(34-33-25)21-7-10-26(27(17-21)37-2)38-23-11-13-31-14-12-23/h4,7-10,17-19,23,29,31H,1,5-6,11-16H2,2-3H3,(H,32,36)(H,33,34)/b20-19+. The van der Waals surface area contributed by atoms with Gasteiger partial charge in [0.05, 0.1) is 12.6 Å². The number of benzene rings is 2. The van der Waals surface area contributed by atoms with Crippen LogP contribution >= 0.6 is 11.8 Å². The molecule has 0 spiro atoms. The molecule has 8 nitrogen and oxygen atoms in total. The topological polar surface area (TPSA) is 91.5 Å². The zero-order valence-corrected chi connectivity index (χ0v) is 23.5. The third kappa shape index (κ3) is 6.16. The van der Waals surface area contributed by atoms with Crippen molar-refractivity contribution < 1.29 is 14.3 Å². The van der Waals surface area contributed by atoms with Gasteiger partial charge < -0.3 is 20.1 Å². The number of ether oxygens (including phenoxy) is 2. The Morgan fingerprint density at radius 1 is 1.18 bits per heavy atom. The summed E-state index contributed by atoms with van der Waals surface area (Å²) in [7, 11) is 1.66. The first-order chi connectivity index (χ1) is 19.1. The molecule has 1 atom stereocenters. The number of amides is 1. The van der Waals surface area contributed by atoms with Crippen molar-refractivity contribution in [2.24, 2.45) is 0 Å². The Morgan fingerprint density at radius 2 is 1.97 bits per heavy atom. The second-order valence-corrected chi connectivity index (χ2v) is 10.7. The average Bonchev–Trinajstić information content (AvgIpc) is 3.64. The van der Waals surface area contributed by atoms with Crippen molar-refractivity contribution in [1.82, 2.24) is 20.4 Å². The molecule has 0 saturated carbocycles. The number of hydrogen-bond acceptors (Lipinski definition) is 7. The van der Waals surface area contributed by atoms with Crippen LogP contribution in [0.3, 0.4) is 0 Å². The van der Waals surface area contributed by atoms with Gasteiger partial charge in [-0.05, 0) is 105 Å². The molecule has 1 aromatic heterocycles. The highest BCUT2D eigenvalue weighted by Crippen LogP contribution is 2.36. The van der Waals surface area contributed by atoms with Gasteiger partial charge >= 0.3 is 0 Å². The van der Waals surface area contributed by atoms with E-state index >= 15 is 0 Å². The Balaban J connectivity index is 1.40. The summed E-state index contributed by atoms with van der Waals surface area (Å²) in [6.45, 7) is 7.71. The zero-order chi connectivity index (χ0) is 27.2. The largest absolute Gasteiger partial charge is 0.493 e. The minimum absolute atomic E-state index is 0.0532. The first kappa shape index (κ1) is 27.3. The maximum atomic E-state index is 13.6. The molecule has 0 radical (unpaired) electrons. The predicted octanol–water partition coefficient (Wildman–Crippen LogP) is 5.21. The van der Waals surface area contributed by atoms with E-state index in [1.54, 1.807) is 24.9 Å². The van der Waals surface area contributed by atoms with Gasteiger partial charge in [-0.2, -0.15) is 5.10 Å². The molecule has 2 fully saturated rings. The molecule has 3 heterocycles. The van der Waals surface area contributed by atoms with Gasteiger partial charge in [0, 0.05) is 16.6 Å². The van der Waals surface area contributed by atoms with Crippen LogP contribution in [-0.2, 0) is 4.79 Å². The van der Waals surface area contributed by atoms with Crippen LogP contribution in [-0.4, -0.2) is 72.7 Å². The third-order valence-electron chi connectivity index (χ3n) is 7.41. The Morgan fingerprint density at radius 3 is 2.69 bits per heavy atom. The summed E-state index contributed by atoms with van der Waals surface area (Å²) in [5.74, 6) is 1.37. The molecule has 0 bridgehead atoms. The van der Waals surface area contributed by atoms with E-state index in [1.165, 1.54) is 0 Å². The fraction of sp³-hybridized carbons (Fsp3) is 0.400. The molecule has 0 aliphatic carbocycles. The molecule has 3 N–H and O–H groups in total. The quantitative estimate of drug-likeness (QED) is 0.300. The normalized spacial score (nSPS) is 17.7. The summed E-state index contributed by atoms with van der Waals surface area (Å²) in [6, 6.07) is 11.4. The number of carbonyl (C=O) groups is 1. The second-order valence-electron chi connectivity index (χ2n) is 9.96. The van der Waals surface area contributed by atoms with Crippen molar-refractivity contribution in [1.29, 1.82) is 0 Å². The molecule has 5 rings (SSSR count). The van der Waals surface area contributed by atoms with E-state index in [4.69, 9.17) is 9.47 Å². The maximum absolute atomic E-state index is 13.6. The molecular weight excluding hydrogens is 510 g/mol.